The zero-order valence-corrected chi connectivity index (χ0v) is 16.4. The number of fused-ring (bicyclic) bond motifs is 1. The Bertz CT molecular complexity index is 763. The zero-order chi connectivity index (χ0) is 13.6. The third kappa shape index (κ3) is 4.77. The Morgan fingerprint density at radius 3 is 1.30 bits per heavy atom. The molecule has 96 valence electrons. The van der Waals surface area contributed by atoms with E-state index in [-0.39, 0.29) is 64.5 Å². The molecule has 2 aromatic rings. The number of rotatable bonds is 2. The molecular weight excluding hydrogens is 326 g/mol. The maximum absolute atomic E-state index is 10.8. The van der Waals surface area contributed by atoms with Crippen LogP contribution >= 0.6 is 0 Å². The second kappa shape index (κ2) is 7.19. The second-order valence-electron chi connectivity index (χ2n) is 3.58. The van der Waals surface area contributed by atoms with E-state index in [0.29, 0.717) is 5.39 Å². The summed E-state index contributed by atoms with van der Waals surface area (Å²) in [4.78, 5) is -0.953. The maximum atomic E-state index is 10.8. The van der Waals surface area contributed by atoms with Crippen LogP contribution in [-0.4, -0.2) is 25.9 Å². The van der Waals surface area contributed by atoms with Gasteiger partial charge in [-0.1, -0.05) is 12.1 Å². The summed E-state index contributed by atoms with van der Waals surface area (Å²) in [6, 6.07) is 7.04. The molecule has 2 aromatic carbocycles. The molecule has 0 atom stereocenters. The largest absolute Gasteiger partial charge is 1.00 e. The Labute approximate surface area is 160 Å². The van der Waals surface area contributed by atoms with Gasteiger partial charge in [-0.25, -0.2) is 16.8 Å². The summed E-state index contributed by atoms with van der Waals surface area (Å²) in [6.45, 7) is 0. The predicted molar refractivity (Wildman–Crippen MR) is 59.9 cm³/mol. The Hall–Kier alpha value is 0.520. The van der Waals surface area contributed by atoms with Crippen LogP contribution in [0.25, 0.3) is 10.8 Å². The van der Waals surface area contributed by atoms with Crippen molar-refractivity contribution < 1.29 is 85.1 Å². The third-order valence-corrected chi connectivity index (χ3v) is 4.02. The molecule has 0 radical (unpaired) electrons. The van der Waals surface area contributed by atoms with Gasteiger partial charge < -0.3 is 9.11 Å². The molecule has 0 fully saturated rings. The Morgan fingerprint density at radius 2 is 1.00 bits per heavy atom. The molecule has 10 heteroatoms. The molecule has 0 saturated carbocycles. The SMILES string of the molecule is O=S(=O)([O-])c1ccc2ccc(S(=O)(=O)[O-])cc2c1.[Na+].[Na+]. The summed E-state index contributed by atoms with van der Waals surface area (Å²) in [5, 5.41) is 0.721. The quantitative estimate of drug-likeness (QED) is 0.401. The molecule has 0 bridgehead atoms. The van der Waals surface area contributed by atoms with Crippen molar-refractivity contribution in [1.82, 2.24) is 0 Å². The molecule has 0 unspecified atom stereocenters. The van der Waals surface area contributed by atoms with E-state index in [1.165, 1.54) is 12.1 Å². The molecule has 0 aliphatic carbocycles. The van der Waals surface area contributed by atoms with E-state index in [4.69, 9.17) is 0 Å². The van der Waals surface area contributed by atoms with E-state index in [1.807, 2.05) is 0 Å². The van der Waals surface area contributed by atoms with Gasteiger partial charge in [0, 0.05) is 0 Å². The number of benzene rings is 2. The van der Waals surface area contributed by atoms with Gasteiger partial charge in [-0.05, 0) is 35.0 Å². The predicted octanol–water partition coefficient (Wildman–Crippen LogP) is -5.34. The van der Waals surface area contributed by atoms with E-state index in [2.05, 4.69) is 0 Å². The summed E-state index contributed by atoms with van der Waals surface area (Å²) < 4.78 is 64.9. The maximum Gasteiger partial charge on any atom is 1.00 e. The minimum absolute atomic E-state index is 0. The minimum atomic E-state index is -4.62. The van der Waals surface area contributed by atoms with Crippen molar-refractivity contribution in [2.45, 2.75) is 9.79 Å². The Morgan fingerprint density at radius 1 is 0.650 bits per heavy atom. The molecule has 0 aromatic heterocycles. The van der Waals surface area contributed by atoms with Crippen LogP contribution in [0.1, 0.15) is 0 Å². The molecule has 0 aliphatic rings. The van der Waals surface area contributed by atoms with Crippen LogP contribution in [0.5, 0.6) is 0 Å². The van der Waals surface area contributed by atoms with Crippen molar-refractivity contribution in [2.75, 3.05) is 0 Å². The zero-order valence-electron chi connectivity index (χ0n) is 10.7. The number of hydrogen-bond acceptors (Lipinski definition) is 6. The van der Waals surface area contributed by atoms with Crippen molar-refractivity contribution in [3.63, 3.8) is 0 Å². The molecule has 0 aliphatic heterocycles. The van der Waals surface area contributed by atoms with Gasteiger partial charge in [0.1, 0.15) is 20.2 Å². The minimum Gasteiger partial charge on any atom is -0.744 e. The average molecular weight is 332 g/mol. The van der Waals surface area contributed by atoms with Gasteiger partial charge in [0.15, 0.2) is 0 Å². The van der Waals surface area contributed by atoms with Crippen LogP contribution in [0, 0.1) is 0 Å². The average Bonchev–Trinajstić information content (AvgIpc) is 2.25. The molecule has 0 N–H and O–H groups in total. The first-order chi connectivity index (χ1) is 8.18. The van der Waals surface area contributed by atoms with Gasteiger partial charge in [-0.3, -0.25) is 0 Å². The first-order valence-electron chi connectivity index (χ1n) is 4.63. The van der Waals surface area contributed by atoms with Gasteiger partial charge in [-0.2, -0.15) is 0 Å². The molecule has 2 rings (SSSR count). The van der Waals surface area contributed by atoms with E-state index < -0.39 is 30.0 Å². The van der Waals surface area contributed by atoms with Crippen LogP contribution < -0.4 is 59.1 Å². The van der Waals surface area contributed by atoms with Crippen LogP contribution in [0.15, 0.2) is 46.2 Å². The van der Waals surface area contributed by atoms with E-state index >= 15 is 0 Å². The smallest absolute Gasteiger partial charge is 0.744 e. The van der Waals surface area contributed by atoms with Crippen molar-refractivity contribution in [3.8, 4) is 0 Å². The fourth-order valence-corrected chi connectivity index (χ4v) is 2.53. The second-order valence-corrected chi connectivity index (χ2v) is 6.34. The van der Waals surface area contributed by atoms with Crippen molar-refractivity contribution >= 4 is 31.0 Å². The van der Waals surface area contributed by atoms with Gasteiger partial charge in [0.05, 0.1) is 9.79 Å². The molecular formula is C10H6Na2O6S2. The van der Waals surface area contributed by atoms with Crippen LogP contribution in [-0.2, 0) is 20.2 Å². The first-order valence-corrected chi connectivity index (χ1v) is 7.45. The summed E-state index contributed by atoms with van der Waals surface area (Å²) in [5.41, 5.74) is 0. The number of hydrogen-bond donors (Lipinski definition) is 0. The summed E-state index contributed by atoms with van der Waals surface area (Å²) in [6.07, 6.45) is 0. The van der Waals surface area contributed by atoms with Gasteiger partial charge in [0.2, 0.25) is 0 Å². The summed E-state index contributed by atoms with van der Waals surface area (Å²) in [5.74, 6) is 0. The molecule has 0 spiro atoms. The topological polar surface area (TPSA) is 114 Å². The first kappa shape index (κ1) is 20.5. The van der Waals surface area contributed by atoms with E-state index in [1.54, 1.807) is 0 Å². The van der Waals surface area contributed by atoms with Crippen LogP contribution in [0.2, 0.25) is 0 Å². The van der Waals surface area contributed by atoms with Crippen LogP contribution in [0.4, 0.5) is 0 Å². The summed E-state index contributed by atoms with van der Waals surface area (Å²) >= 11 is 0. The molecule has 0 amide bonds. The van der Waals surface area contributed by atoms with Crippen molar-refractivity contribution in [3.05, 3.63) is 36.4 Å². The standard InChI is InChI=1S/C10H8O6S2.2Na/c11-17(12,13)9-3-1-7-2-4-10(18(14,15)16)6-8(7)5-9;;/h1-6H,(H,11,12,13)(H,14,15,16);;/q;2*+1/p-2. The monoisotopic (exact) mass is 332 g/mol. The molecule has 0 saturated heterocycles. The fraction of sp³-hybridized carbons (Fsp3) is 0. The van der Waals surface area contributed by atoms with Gasteiger partial charge in [0.25, 0.3) is 0 Å². The normalized spacial score (nSPS) is 11.5. The molecule has 0 heterocycles. The van der Waals surface area contributed by atoms with Crippen molar-refractivity contribution in [1.29, 1.82) is 0 Å². The van der Waals surface area contributed by atoms with E-state index in [0.717, 1.165) is 24.3 Å². The Balaban J connectivity index is 0.00000180. The van der Waals surface area contributed by atoms with E-state index in [9.17, 15) is 25.9 Å². The third-order valence-electron chi connectivity index (χ3n) is 2.36. The van der Waals surface area contributed by atoms with Crippen LogP contribution in [0.3, 0.4) is 0 Å². The van der Waals surface area contributed by atoms with Gasteiger partial charge >= 0.3 is 59.1 Å². The van der Waals surface area contributed by atoms with Crippen molar-refractivity contribution in [2.24, 2.45) is 0 Å². The fourth-order valence-electron chi connectivity index (χ4n) is 1.51. The summed E-state index contributed by atoms with van der Waals surface area (Å²) in [7, 11) is -9.24. The van der Waals surface area contributed by atoms with Gasteiger partial charge in [-0.15, -0.1) is 0 Å². The Kier molecular flexibility index (Phi) is 7.37. The molecule has 6 nitrogen and oxygen atoms in total. The molecule has 20 heavy (non-hydrogen) atoms.